The number of fused-ring (bicyclic) bond motifs is 1. The first-order valence-electron chi connectivity index (χ1n) is 6.94. The summed E-state index contributed by atoms with van der Waals surface area (Å²) in [6, 6.07) is 6.00. The van der Waals surface area contributed by atoms with Gasteiger partial charge in [0.1, 0.15) is 0 Å². The van der Waals surface area contributed by atoms with Crippen LogP contribution in [-0.4, -0.2) is 26.4 Å². The van der Waals surface area contributed by atoms with E-state index in [0.29, 0.717) is 11.2 Å². The SMILES string of the molecule is CC1CCC(CN)C(Sc2nnc3ccccn23)C1. The van der Waals surface area contributed by atoms with Gasteiger partial charge in [-0.15, -0.1) is 10.2 Å². The number of aromatic nitrogens is 3. The van der Waals surface area contributed by atoms with E-state index >= 15 is 0 Å². The number of hydrogen-bond donors (Lipinski definition) is 1. The van der Waals surface area contributed by atoms with E-state index in [-0.39, 0.29) is 0 Å². The first-order chi connectivity index (χ1) is 9.28. The second kappa shape index (κ2) is 5.51. The zero-order valence-electron chi connectivity index (χ0n) is 11.2. The van der Waals surface area contributed by atoms with Crippen LogP contribution in [0.15, 0.2) is 29.6 Å². The fraction of sp³-hybridized carbons (Fsp3) is 0.571. The van der Waals surface area contributed by atoms with E-state index in [0.717, 1.165) is 23.3 Å². The van der Waals surface area contributed by atoms with Crippen LogP contribution in [0.3, 0.4) is 0 Å². The lowest BCUT2D eigenvalue weighted by atomic mass is 9.82. The van der Waals surface area contributed by atoms with Gasteiger partial charge in [-0.2, -0.15) is 0 Å². The van der Waals surface area contributed by atoms with Gasteiger partial charge in [-0.3, -0.25) is 4.40 Å². The molecule has 1 fully saturated rings. The number of pyridine rings is 1. The monoisotopic (exact) mass is 276 g/mol. The van der Waals surface area contributed by atoms with Gasteiger partial charge in [-0.05, 0) is 43.4 Å². The fourth-order valence-corrected chi connectivity index (χ4v) is 4.33. The number of hydrogen-bond acceptors (Lipinski definition) is 4. The molecule has 1 aliphatic rings. The summed E-state index contributed by atoms with van der Waals surface area (Å²) in [6.07, 6.45) is 5.81. The Morgan fingerprint density at radius 3 is 3.11 bits per heavy atom. The lowest BCUT2D eigenvalue weighted by Crippen LogP contribution is -2.31. The van der Waals surface area contributed by atoms with Crippen molar-refractivity contribution < 1.29 is 0 Å². The third kappa shape index (κ3) is 2.62. The fourth-order valence-electron chi connectivity index (χ4n) is 2.84. The first kappa shape index (κ1) is 12.9. The van der Waals surface area contributed by atoms with E-state index in [4.69, 9.17) is 5.73 Å². The predicted molar refractivity (Wildman–Crippen MR) is 78.2 cm³/mol. The highest BCUT2D eigenvalue weighted by atomic mass is 32.2. The second-order valence-electron chi connectivity index (χ2n) is 5.48. The van der Waals surface area contributed by atoms with E-state index < -0.39 is 0 Å². The van der Waals surface area contributed by atoms with E-state index in [1.807, 2.05) is 36.2 Å². The Kier molecular flexibility index (Phi) is 3.75. The Bertz CT molecular complexity index is 553. The van der Waals surface area contributed by atoms with Gasteiger partial charge in [-0.1, -0.05) is 31.2 Å². The van der Waals surface area contributed by atoms with Crippen molar-refractivity contribution in [3.05, 3.63) is 24.4 Å². The molecule has 5 heteroatoms. The molecule has 102 valence electrons. The van der Waals surface area contributed by atoms with Crippen LogP contribution in [-0.2, 0) is 0 Å². The van der Waals surface area contributed by atoms with Crippen LogP contribution in [0.25, 0.3) is 5.65 Å². The van der Waals surface area contributed by atoms with E-state index in [2.05, 4.69) is 21.5 Å². The number of rotatable bonds is 3. The molecule has 3 unspecified atom stereocenters. The van der Waals surface area contributed by atoms with Gasteiger partial charge < -0.3 is 5.73 Å². The van der Waals surface area contributed by atoms with Crippen molar-refractivity contribution in [2.45, 2.75) is 36.6 Å². The molecule has 0 amide bonds. The minimum Gasteiger partial charge on any atom is -0.330 e. The molecule has 2 N–H and O–H groups in total. The van der Waals surface area contributed by atoms with Gasteiger partial charge in [0.25, 0.3) is 0 Å². The third-order valence-corrected chi connectivity index (χ3v) is 5.40. The number of thioether (sulfide) groups is 1. The Labute approximate surface area is 117 Å². The van der Waals surface area contributed by atoms with E-state index in [1.54, 1.807) is 0 Å². The number of nitrogens with zero attached hydrogens (tertiary/aromatic N) is 3. The van der Waals surface area contributed by atoms with Crippen LogP contribution in [0, 0.1) is 11.8 Å². The molecule has 3 atom stereocenters. The Morgan fingerprint density at radius 1 is 1.37 bits per heavy atom. The molecule has 3 rings (SSSR count). The van der Waals surface area contributed by atoms with Crippen molar-refractivity contribution in [1.29, 1.82) is 0 Å². The second-order valence-corrected chi connectivity index (χ2v) is 6.69. The maximum atomic E-state index is 5.92. The van der Waals surface area contributed by atoms with Crippen LogP contribution in [0.5, 0.6) is 0 Å². The van der Waals surface area contributed by atoms with Crippen LogP contribution < -0.4 is 5.73 Å². The van der Waals surface area contributed by atoms with Crippen LogP contribution in [0.2, 0.25) is 0 Å². The zero-order valence-corrected chi connectivity index (χ0v) is 12.0. The van der Waals surface area contributed by atoms with Crippen molar-refractivity contribution >= 4 is 17.4 Å². The van der Waals surface area contributed by atoms with Gasteiger partial charge in [0.2, 0.25) is 0 Å². The van der Waals surface area contributed by atoms with Crippen LogP contribution in [0.4, 0.5) is 0 Å². The molecule has 1 saturated carbocycles. The molecule has 0 radical (unpaired) electrons. The summed E-state index contributed by atoms with van der Waals surface area (Å²) in [5.74, 6) is 1.40. The predicted octanol–water partition coefficient (Wildman–Crippen LogP) is 2.58. The number of nitrogens with two attached hydrogens (primary N) is 1. The topological polar surface area (TPSA) is 56.2 Å². The Hall–Kier alpha value is -1.07. The Morgan fingerprint density at radius 2 is 2.26 bits per heavy atom. The molecule has 4 nitrogen and oxygen atoms in total. The van der Waals surface area contributed by atoms with Gasteiger partial charge in [0.05, 0.1) is 0 Å². The van der Waals surface area contributed by atoms with E-state index in [9.17, 15) is 0 Å². The standard InChI is InChI=1S/C14H20N4S/c1-10-5-6-11(9-15)12(8-10)19-14-17-16-13-4-2-3-7-18(13)14/h2-4,7,10-12H,5-6,8-9,15H2,1H3. The summed E-state index contributed by atoms with van der Waals surface area (Å²) in [6.45, 7) is 3.11. The summed E-state index contributed by atoms with van der Waals surface area (Å²) in [7, 11) is 0. The van der Waals surface area contributed by atoms with Crippen molar-refractivity contribution in [1.82, 2.24) is 14.6 Å². The molecule has 1 aliphatic carbocycles. The minimum absolute atomic E-state index is 0.571. The largest absolute Gasteiger partial charge is 0.330 e. The highest BCUT2D eigenvalue weighted by Gasteiger charge is 2.29. The quantitative estimate of drug-likeness (QED) is 0.936. The van der Waals surface area contributed by atoms with Gasteiger partial charge in [0, 0.05) is 11.4 Å². The molecule has 0 aliphatic heterocycles. The van der Waals surface area contributed by atoms with Crippen molar-refractivity contribution in [2.75, 3.05) is 6.54 Å². The summed E-state index contributed by atoms with van der Waals surface area (Å²) in [5.41, 5.74) is 6.84. The molecule has 0 spiro atoms. The third-order valence-electron chi connectivity index (χ3n) is 4.03. The lowest BCUT2D eigenvalue weighted by Gasteiger charge is -2.33. The van der Waals surface area contributed by atoms with Crippen LogP contribution >= 0.6 is 11.8 Å². The van der Waals surface area contributed by atoms with Crippen molar-refractivity contribution in [2.24, 2.45) is 17.6 Å². The molecule has 0 saturated heterocycles. The van der Waals surface area contributed by atoms with Gasteiger partial charge >= 0.3 is 0 Å². The zero-order chi connectivity index (χ0) is 13.2. The summed E-state index contributed by atoms with van der Waals surface area (Å²) in [5, 5.41) is 10.1. The Balaban J connectivity index is 1.83. The molecule has 0 bridgehead atoms. The minimum atomic E-state index is 0.571. The van der Waals surface area contributed by atoms with Crippen molar-refractivity contribution in [3.8, 4) is 0 Å². The summed E-state index contributed by atoms with van der Waals surface area (Å²) in [4.78, 5) is 0. The van der Waals surface area contributed by atoms with Crippen LogP contribution in [0.1, 0.15) is 26.2 Å². The normalized spacial score (nSPS) is 27.8. The smallest absolute Gasteiger partial charge is 0.195 e. The molecule has 2 aromatic rings. The summed E-state index contributed by atoms with van der Waals surface area (Å²) < 4.78 is 2.07. The van der Waals surface area contributed by atoms with Gasteiger partial charge in [-0.25, -0.2) is 0 Å². The maximum absolute atomic E-state index is 5.92. The molecule has 0 aromatic carbocycles. The first-order valence-corrected chi connectivity index (χ1v) is 7.82. The molecule has 2 heterocycles. The molecule has 19 heavy (non-hydrogen) atoms. The lowest BCUT2D eigenvalue weighted by molar-refractivity contribution is 0.306. The van der Waals surface area contributed by atoms with Gasteiger partial charge in [0.15, 0.2) is 10.8 Å². The average Bonchev–Trinajstić information content (AvgIpc) is 2.83. The molecular formula is C14H20N4S. The van der Waals surface area contributed by atoms with E-state index in [1.165, 1.54) is 19.3 Å². The molecular weight excluding hydrogens is 256 g/mol. The highest BCUT2D eigenvalue weighted by Crippen LogP contribution is 2.38. The average molecular weight is 276 g/mol. The maximum Gasteiger partial charge on any atom is 0.195 e. The van der Waals surface area contributed by atoms with Crippen molar-refractivity contribution in [3.63, 3.8) is 0 Å². The summed E-state index contributed by atoms with van der Waals surface area (Å²) >= 11 is 1.85. The molecule has 2 aromatic heterocycles. The highest BCUT2D eigenvalue weighted by molar-refractivity contribution is 7.99.